The molecule has 136 valence electrons. The molecule has 1 fully saturated rings. The SMILES string of the molecule is Oc1cc(F)c(-c2c(Cl)nc3nccn3c2C2CCCCCC2)c(F)c1. The number of fused-ring (bicyclic) bond motifs is 1. The van der Waals surface area contributed by atoms with Crippen molar-refractivity contribution in [3.8, 4) is 16.9 Å². The molecule has 0 radical (unpaired) electrons. The fourth-order valence-corrected chi connectivity index (χ4v) is 4.19. The minimum Gasteiger partial charge on any atom is -0.508 e. The van der Waals surface area contributed by atoms with Gasteiger partial charge >= 0.3 is 0 Å². The first-order valence-corrected chi connectivity index (χ1v) is 9.15. The second kappa shape index (κ2) is 6.83. The second-order valence-electron chi connectivity index (χ2n) is 6.73. The van der Waals surface area contributed by atoms with Gasteiger partial charge in [0.05, 0.1) is 5.56 Å². The lowest BCUT2D eigenvalue weighted by Crippen LogP contribution is -2.10. The van der Waals surface area contributed by atoms with Gasteiger partial charge in [-0.2, -0.15) is 4.98 Å². The van der Waals surface area contributed by atoms with Gasteiger partial charge in [0, 0.05) is 41.7 Å². The third-order valence-corrected chi connectivity index (χ3v) is 5.33. The number of nitrogens with zero attached hydrogens (tertiary/aromatic N) is 3. The number of benzene rings is 1. The predicted molar refractivity (Wildman–Crippen MR) is 95.5 cm³/mol. The molecular weight excluding hydrogens is 360 g/mol. The van der Waals surface area contributed by atoms with Gasteiger partial charge in [-0.15, -0.1) is 0 Å². The number of aromatic hydroxyl groups is 1. The summed E-state index contributed by atoms with van der Waals surface area (Å²) in [5.74, 6) is -1.66. The molecule has 1 N–H and O–H groups in total. The predicted octanol–water partition coefficient (Wildman–Crippen LogP) is 5.47. The Morgan fingerprint density at radius 3 is 2.35 bits per heavy atom. The Kier molecular flexibility index (Phi) is 4.53. The first kappa shape index (κ1) is 17.2. The molecule has 0 amide bonds. The van der Waals surface area contributed by atoms with E-state index in [4.69, 9.17) is 11.6 Å². The average molecular weight is 378 g/mol. The van der Waals surface area contributed by atoms with Gasteiger partial charge in [0.2, 0.25) is 5.78 Å². The summed E-state index contributed by atoms with van der Waals surface area (Å²) in [6.45, 7) is 0. The monoisotopic (exact) mass is 377 g/mol. The van der Waals surface area contributed by atoms with Crippen LogP contribution in [0.25, 0.3) is 16.9 Å². The molecule has 0 atom stereocenters. The fourth-order valence-electron chi connectivity index (χ4n) is 3.92. The van der Waals surface area contributed by atoms with Crippen LogP contribution in [0.4, 0.5) is 8.78 Å². The van der Waals surface area contributed by atoms with E-state index in [2.05, 4.69) is 9.97 Å². The average Bonchev–Trinajstić information content (AvgIpc) is 2.87. The van der Waals surface area contributed by atoms with Crippen molar-refractivity contribution in [1.29, 1.82) is 0 Å². The highest BCUT2D eigenvalue weighted by molar-refractivity contribution is 6.32. The summed E-state index contributed by atoms with van der Waals surface area (Å²) in [4.78, 5) is 8.41. The molecule has 0 aliphatic heterocycles. The standard InChI is InChI=1S/C19H18ClF2N3O/c20-18-16(15-13(21)9-12(26)10-14(15)22)17(11-5-3-1-2-4-6-11)25-8-7-23-19(25)24-18/h7-11,26H,1-6H2. The van der Waals surface area contributed by atoms with E-state index < -0.39 is 17.4 Å². The Labute approximate surface area is 154 Å². The van der Waals surface area contributed by atoms with Crippen LogP contribution in [0.3, 0.4) is 0 Å². The third kappa shape index (κ3) is 2.92. The van der Waals surface area contributed by atoms with Crippen LogP contribution in [0.1, 0.15) is 50.1 Å². The van der Waals surface area contributed by atoms with E-state index in [1.807, 2.05) is 0 Å². The highest BCUT2D eigenvalue weighted by Gasteiger charge is 2.28. The summed E-state index contributed by atoms with van der Waals surface area (Å²) >= 11 is 6.38. The van der Waals surface area contributed by atoms with Gasteiger partial charge in [-0.1, -0.05) is 37.3 Å². The van der Waals surface area contributed by atoms with Gasteiger partial charge in [0.1, 0.15) is 22.5 Å². The van der Waals surface area contributed by atoms with Crippen molar-refractivity contribution in [3.63, 3.8) is 0 Å². The van der Waals surface area contributed by atoms with Crippen LogP contribution in [0, 0.1) is 11.6 Å². The van der Waals surface area contributed by atoms with E-state index in [1.54, 1.807) is 16.8 Å². The van der Waals surface area contributed by atoms with Gasteiger partial charge in [0.15, 0.2) is 0 Å². The molecule has 2 heterocycles. The maximum absolute atomic E-state index is 14.6. The molecular formula is C19H18ClF2N3O. The van der Waals surface area contributed by atoms with Crippen LogP contribution < -0.4 is 0 Å². The lowest BCUT2D eigenvalue weighted by Gasteiger charge is -2.22. The van der Waals surface area contributed by atoms with Crippen LogP contribution >= 0.6 is 11.6 Å². The number of hydrogen-bond donors (Lipinski definition) is 1. The fraction of sp³-hybridized carbons (Fsp3) is 0.368. The van der Waals surface area contributed by atoms with Gasteiger partial charge in [-0.25, -0.2) is 13.8 Å². The molecule has 26 heavy (non-hydrogen) atoms. The molecule has 0 bridgehead atoms. The van der Waals surface area contributed by atoms with E-state index in [9.17, 15) is 13.9 Å². The van der Waals surface area contributed by atoms with Crippen molar-refractivity contribution in [1.82, 2.24) is 14.4 Å². The molecule has 3 aromatic rings. The molecule has 0 unspecified atom stereocenters. The first-order chi connectivity index (χ1) is 12.6. The molecule has 1 saturated carbocycles. The summed E-state index contributed by atoms with van der Waals surface area (Å²) in [6, 6.07) is 1.79. The number of halogens is 3. The summed E-state index contributed by atoms with van der Waals surface area (Å²) in [5.41, 5.74) is 0.733. The van der Waals surface area contributed by atoms with E-state index in [1.165, 1.54) is 0 Å². The largest absolute Gasteiger partial charge is 0.508 e. The molecule has 1 aliphatic carbocycles. The number of phenols is 1. The van der Waals surface area contributed by atoms with Crippen molar-refractivity contribution in [3.05, 3.63) is 47.0 Å². The smallest absolute Gasteiger partial charge is 0.235 e. The van der Waals surface area contributed by atoms with Crippen LogP contribution in [-0.2, 0) is 0 Å². The lowest BCUT2D eigenvalue weighted by atomic mass is 9.90. The van der Waals surface area contributed by atoms with Crippen molar-refractivity contribution >= 4 is 17.4 Å². The van der Waals surface area contributed by atoms with E-state index >= 15 is 0 Å². The summed E-state index contributed by atoms with van der Waals surface area (Å²) in [5, 5.41) is 9.50. The highest BCUT2D eigenvalue weighted by Crippen LogP contribution is 2.42. The normalized spacial score (nSPS) is 16.1. The maximum atomic E-state index is 14.6. The summed E-state index contributed by atoms with van der Waals surface area (Å²) in [7, 11) is 0. The van der Waals surface area contributed by atoms with E-state index in [-0.39, 0.29) is 22.2 Å². The minimum atomic E-state index is -0.861. The number of phenolic OH excluding ortho intramolecular Hbond substituents is 1. The number of rotatable bonds is 2. The van der Waals surface area contributed by atoms with E-state index in [0.717, 1.165) is 56.4 Å². The minimum absolute atomic E-state index is 0.0198. The van der Waals surface area contributed by atoms with Gasteiger partial charge in [-0.3, -0.25) is 4.40 Å². The zero-order valence-electron chi connectivity index (χ0n) is 14.1. The first-order valence-electron chi connectivity index (χ1n) is 8.77. The summed E-state index contributed by atoms with van der Waals surface area (Å²) < 4.78 is 31.0. The second-order valence-corrected chi connectivity index (χ2v) is 7.09. The molecule has 1 aliphatic rings. The molecule has 1 aromatic carbocycles. The Morgan fingerprint density at radius 2 is 1.69 bits per heavy atom. The Bertz CT molecular complexity index is 942. The Morgan fingerprint density at radius 1 is 1.04 bits per heavy atom. The van der Waals surface area contributed by atoms with Crippen LogP contribution in [-0.4, -0.2) is 19.5 Å². The molecule has 2 aromatic heterocycles. The van der Waals surface area contributed by atoms with Gasteiger partial charge in [-0.05, 0) is 12.8 Å². The zero-order chi connectivity index (χ0) is 18.3. The molecule has 4 rings (SSSR count). The van der Waals surface area contributed by atoms with Crippen molar-refractivity contribution in [2.45, 2.75) is 44.4 Å². The number of aromatic nitrogens is 3. The van der Waals surface area contributed by atoms with Crippen molar-refractivity contribution in [2.24, 2.45) is 0 Å². The molecule has 0 saturated heterocycles. The van der Waals surface area contributed by atoms with Crippen LogP contribution in [0.5, 0.6) is 5.75 Å². The quantitative estimate of drug-likeness (QED) is 0.475. The summed E-state index contributed by atoms with van der Waals surface area (Å²) in [6.07, 6.45) is 9.61. The van der Waals surface area contributed by atoms with E-state index in [0.29, 0.717) is 5.78 Å². The molecule has 7 heteroatoms. The molecule has 0 spiro atoms. The topological polar surface area (TPSA) is 50.4 Å². The zero-order valence-corrected chi connectivity index (χ0v) is 14.8. The number of hydrogen-bond acceptors (Lipinski definition) is 3. The molecule has 4 nitrogen and oxygen atoms in total. The maximum Gasteiger partial charge on any atom is 0.235 e. The lowest BCUT2D eigenvalue weighted by molar-refractivity contribution is 0.461. The number of imidazole rings is 1. The van der Waals surface area contributed by atoms with Gasteiger partial charge in [0.25, 0.3) is 0 Å². The van der Waals surface area contributed by atoms with Crippen LogP contribution in [0.15, 0.2) is 24.5 Å². The Balaban J connectivity index is 2.03. The Hall–Kier alpha value is -2.21. The third-order valence-electron chi connectivity index (χ3n) is 5.06. The van der Waals surface area contributed by atoms with Gasteiger partial charge < -0.3 is 5.11 Å². The highest BCUT2D eigenvalue weighted by atomic mass is 35.5. The van der Waals surface area contributed by atoms with Crippen molar-refractivity contribution < 1.29 is 13.9 Å². The van der Waals surface area contributed by atoms with Crippen molar-refractivity contribution in [2.75, 3.05) is 0 Å². The van der Waals surface area contributed by atoms with Crippen LogP contribution in [0.2, 0.25) is 5.15 Å².